The molecule has 126 valence electrons. The first kappa shape index (κ1) is 18.6. The van der Waals surface area contributed by atoms with Crippen LogP contribution in [0.1, 0.15) is 13.0 Å². The summed E-state index contributed by atoms with van der Waals surface area (Å²) in [4.78, 5) is 4.36. The van der Waals surface area contributed by atoms with E-state index < -0.39 is 9.84 Å². The predicted octanol–water partition coefficient (Wildman–Crippen LogP) is 1.09. The average molecular weight is 329 g/mol. The Balaban J connectivity index is 0.00000242. The molecule has 7 heteroatoms. The summed E-state index contributed by atoms with van der Waals surface area (Å²) in [6.07, 6.45) is 1.27. The zero-order valence-electron chi connectivity index (χ0n) is 12.5. The number of phenolic OH excluding ortho intramolecular Hbond substituents is 1. The smallest absolute Gasteiger partial charge is 0.148 e. The first-order chi connectivity index (χ1) is 9.76. The van der Waals surface area contributed by atoms with Crippen molar-refractivity contribution in [2.24, 2.45) is 0 Å². The lowest BCUT2D eigenvalue weighted by atomic mass is 10.1. The van der Waals surface area contributed by atoms with Crippen LogP contribution in [-0.4, -0.2) is 63.2 Å². The van der Waals surface area contributed by atoms with Crippen molar-refractivity contribution < 1.29 is 13.5 Å². The Labute approximate surface area is 133 Å². The summed E-state index contributed by atoms with van der Waals surface area (Å²) in [5.74, 6) is 0.310. The van der Waals surface area contributed by atoms with Gasteiger partial charge in [-0.2, -0.15) is 0 Å². The molecule has 0 saturated carbocycles. The van der Waals surface area contributed by atoms with Crippen LogP contribution in [0.4, 0.5) is 11.4 Å². The zero-order valence-corrected chi connectivity index (χ0v) is 13.4. The van der Waals surface area contributed by atoms with E-state index in [9.17, 15) is 13.5 Å². The van der Waals surface area contributed by atoms with Crippen LogP contribution in [0.3, 0.4) is 0 Å². The molecule has 0 aromatic heterocycles. The van der Waals surface area contributed by atoms with Crippen molar-refractivity contribution in [3.05, 3.63) is 17.7 Å². The number of hydrogen-bond donors (Lipinski definition) is 2. The van der Waals surface area contributed by atoms with E-state index in [0.717, 1.165) is 37.4 Å². The third kappa shape index (κ3) is 4.78. The number of aromatic hydroxyl groups is 1. The molecule has 22 heavy (non-hydrogen) atoms. The number of hydrogen-bond acceptors (Lipinski definition) is 6. The molecule has 0 atom stereocenters. The van der Waals surface area contributed by atoms with Crippen LogP contribution in [0, 0.1) is 6.92 Å². The van der Waals surface area contributed by atoms with Gasteiger partial charge in [-0.1, -0.05) is 7.43 Å². The fourth-order valence-electron chi connectivity index (χ4n) is 2.56. The highest BCUT2D eigenvalue weighted by Gasteiger charge is 2.20. The fourth-order valence-corrected chi connectivity index (χ4v) is 3.15. The van der Waals surface area contributed by atoms with Crippen molar-refractivity contribution in [3.8, 4) is 5.75 Å². The van der Waals surface area contributed by atoms with Crippen molar-refractivity contribution in [2.45, 2.75) is 14.4 Å². The van der Waals surface area contributed by atoms with Crippen LogP contribution in [0.15, 0.2) is 12.1 Å². The summed E-state index contributed by atoms with van der Waals surface area (Å²) in [6, 6.07) is 3.48. The second kappa shape index (κ2) is 7.19. The second-order valence-corrected chi connectivity index (χ2v) is 7.92. The van der Waals surface area contributed by atoms with Gasteiger partial charge in [0, 0.05) is 50.7 Å². The summed E-state index contributed by atoms with van der Waals surface area (Å²) in [5.41, 5.74) is 8.11. The number of aryl methyl sites for hydroxylation is 1. The topological polar surface area (TPSA) is 86.9 Å². The SMILES string of the molecule is C.Cc1cc(N)c(O)cc1N1CCN(CCS(C)(=O)=O)CC1. The standard InChI is InChI=1S/C14H23N3O3S.CH4/c1-11-9-12(15)14(18)10-13(11)17-5-3-16(4-6-17)7-8-21(2,19)20;/h9-10,18H,3-8,15H2,1-2H3;1H4. The van der Waals surface area contributed by atoms with Crippen LogP contribution in [0.5, 0.6) is 5.75 Å². The Morgan fingerprint density at radius 2 is 1.82 bits per heavy atom. The molecular weight excluding hydrogens is 302 g/mol. The highest BCUT2D eigenvalue weighted by Crippen LogP contribution is 2.30. The van der Waals surface area contributed by atoms with Crippen LogP contribution in [0.25, 0.3) is 0 Å². The summed E-state index contributed by atoms with van der Waals surface area (Å²) >= 11 is 0. The first-order valence-electron chi connectivity index (χ1n) is 7.00. The summed E-state index contributed by atoms with van der Waals surface area (Å²) in [7, 11) is -2.91. The number of sulfone groups is 1. The maximum atomic E-state index is 11.2. The van der Waals surface area contributed by atoms with Crippen LogP contribution < -0.4 is 10.6 Å². The zero-order chi connectivity index (χ0) is 15.6. The highest BCUT2D eigenvalue weighted by atomic mass is 32.2. The number of nitrogens with two attached hydrogens (primary N) is 1. The van der Waals surface area contributed by atoms with Gasteiger partial charge in [0.15, 0.2) is 0 Å². The molecule has 6 nitrogen and oxygen atoms in total. The Morgan fingerprint density at radius 3 is 2.36 bits per heavy atom. The van der Waals surface area contributed by atoms with E-state index in [1.165, 1.54) is 6.26 Å². The molecule has 1 fully saturated rings. The number of nitrogen functional groups attached to an aromatic ring is 1. The van der Waals surface area contributed by atoms with Gasteiger partial charge in [0.25, 0.3) is 0 Å². The van der Waals surface area contributed by atoms with E-state index in [2.05, 4.69) is 9.80 Å². The number of phenols is 1. The molecule has 1 heterocycles. The third-order valence-electron chi connectivity index (χ3n) is 3.84. The Morgan fingerprint density at radius 1 is 1.23 bits per heavy atom. The lowest BCUT2D eigenvalue weighted by molar-refractivity contribution is 0.272. The van der Waals surface area contributed by atoms with Crippen molar-refractivity contribution in [1.82, 2.24) is 4.90 Å². The number of nitrogens with zero attached hydrogens (tertiary/aromatic N) is 2. The van der Waals surface area contributed by atoms with Crippen molar-refractivity contribution in [3.63, 3.8) is 0 Å². The normalized spacial score (nSPS) is 16.4. The minimum Gasteiger partial charge on any atom is -0.506 e. The number of piperazine rings is 1. The number of benzene rings is 1. The molecule has 1 saturated heterocycles. The van der Waals surface area contributed by atoms with Gasteiger partial charge in [-0.05, 0) is 18.6 Å². The van der Waals surface area contributed by atoms with E-state index in [4.69, 9.17) is 5.73 Å². The number of rotatable bonds is 4. The molecule has 1 aromatic carbocycles. The first-order valence-corrected chi connectivity index (χ1v) is 9.06. The molecule has 0 spiro atoms. The molecule has 0 radical (unpaired) electrons. The third-order valence-corrected chi connectivity index (χ3v) is 4.76. The van der Waals surface area contributed by atoms with Gasteiger partial charge < -0.3 is 15.7 Å². The molecule has 0 amide bonds. The van der Waals surface area contributed by atoms with Gasteiger partial charge in [-0.25, -0.2) is 8.42 Å². The van der Waals surface area contributed by atoms with E-state index in [1.807, 2.05) is 6.92 Å². The van der Waals surface area contributed by atoms with Crippen LogP contribution in [0.2, 0.25) is 0 Å². The molecule has 3 N–H and O–H groups in total. The Kier molecular flexibility index (Phi) is 6.08. The molecule has 1 aliphatic heterocycles. The Hall–Kier alpha value is -1.47. The molecule has 0 unspecified atom stereocenters. The number of anilines is 2. The molecule has 0 aliphatic carbocycles. The van der Waals surface area contributed by atoms with Crippen molar-refractivity contribution in [1.29, 1.82) is 0 Å². The Bertz CT molecular complexity index is 609. The maximum absolute atomic E-state index is 11.2. The summed E-state index contributed by atoms with van der Waals surface area (Å²) in [6.45, 7) is 5.82. The average Bonchev–Trinajstić information content (AvgIpc) is 2.40. The molecule has 1 aromatic rings. The molecule has 1 aliphatic rings. The van der Waals surface area contributed by atoms with Gasteiger partial charge in [0.05, 0.1) is 11.4 Å². The lowest BCUT2D eigenvalue weighted by Crippen LogP contribution is -2.47. The van der Waals surface area contributed by atoms with Gasteiger partial charge in [0.2, 0.25) is 0 Å². The van der Waals surface area contributed by atoms with Crippen molar-refractivity contribution in [2.75, 3.05) is 55.4 Å². The van der Waals surface area contributed by atoms with Gasteiger partial charge in [0.1, 0.15) is 15.6 Å². The second-order valence-electron chi connectivity index (χ2n) is 5.66. The van der Waals surface area contributed by atoms with E-state index in [0.29, 0.717) is 12.2 Å². The monoisotopic (exact) mass is 329 g/mol. The van der Waals surface area contributed by atoms with Crippen LogP contribution in [-0.2, 0) is 9.84 Å². The molecular formula is C15H27N3O3S. The van der Waals surface area contributed by atoms with Crippen molar-refractivity contribution >= 4 is 21.2 Å². The molecule has 0 bridgehead atoms. The quantitative estimate of drug-likeness (QED) is 0.635. The van der Waals surface area contributed by atoms with E-state index in [-0.39, 0.29) is 18.9 Å². The maximum Gasteiger partial charge on any atom is 0.148 e. The summed E-state index contributed by atoms with van der Waals surface area (Å²) in [5, 5.41) is 9.75. The van der Waals surface area contributed by atoms with Gasteiger partial charge in [-0.3, -0.25) is 4.90 Å². The minimum atomic E-state index is -2.91. The lowest BCUT2D eigenvalue weighted by Gasteiger charge is -2.36. The fraction of sp³-hybridized carbons (Fsp3) is 0.600. The minimum absolute atomic E-state index is 0. The van der Waals surface area contributed by atoms with Gasteiger partial charge >= 0.3 is 0 Å². The van der Waals surface area contributed by atoms with Crippen LogP contribution >= 0.6 is 0 Å². The predicted molar refractivity (Wildman–Crippen MR) is 92.4 cm³/mol. The largest absolute Gasteiger partial charge is 0.506 e. The van der Waals surface area contributed by atoms with E-state index >= 15 is 0 Å². The summed E-state index contributed by atoms with van der Waals surface area (Å²) < 4.78 is 22.4. The highest BCUT2D eigenvalue weighted by molar-refractivity contribution is 7.90. The van der Waals surface area contributed by atoms with Gasteiger partial charge in [-0.15, -0.1) is 0 Å². The molecule has 2 rings (SSSR count). The van der Waals surface area contributed by atoms with E-state index in [1.54, 1.807) is 12.1 Å².